The van der Waals surface area contributed by atoms with Gasteiger partial charge < -0.3 is 10.0 Å². The van der Waals surface area contributed by atoms with Crippen molar-refractivity contribution < 1.29 is 5.11 Å². The summed E-state index contributed by atoms with van der Waals surface area (Å²) in [7, 11) is 0. The Bertz CT molecular complexity index is 621. The van der Waals surface area contributed by atoms with E-state index in [1.54, 1.807) is 0 Å². The first-order valence-electron chi connectivity index (χ1n) is 7.13. The van der Waals surface area contributed by atoms with Gasteiger partial charge in [0.2, 0.25) is 0 Å². The molecule has 1 aliphatic heterocycles. The monoisotopic (exact) mass is 290 g/mol. The number of rotatable bonds is 2. The van der Waals surface area contributed by atoms with Crippen LogP contribution in [0.25, 0.3) is 10.9 Å². The van der Waals surface area contributed by atoms with Crippen molar-refractivity contribution in [2.24, 2.45) is 5.92 Å². The number of hydrogen-bond acceptors (Lipinski definition) is 3. The van der Waals surface area contributed by atoms with Crippen LogP contribution in [0.2, 0.25) is 5.15 Å². The van der Waals surface area contributed by atoms with E-state index in [0.717, 1.165) is 41.2 Å². The van der Waals surface area contributed by atoms with E-state index in [4.69, 9.17) is 11.6 Å². The Labute approximate surface area is 124 Å². The van der Waals surface area contributed by atoms with Crippen molar-refractivity contribution in [1.29, 1.82) is 0 Å². The molecule has 1 aromatic carbocycles. The number of pyridine rings is 1. The maximum absolute atomic E-state index is 9.69. The second-order valence-electron chi connectivity index (χ2n) is 5.57. The molecule has 0 amide bonds. The molecule has 1 saturated heterocycles. The maximum Gasteiger partial charge on any atom is 0.137 e. The molecule has 0 spiro atoms. The maximum atomic E-state index is 9.69. The molecule has 3 nitrogen and oxygen atoms in total. The van der Waals surface area contributed by atoms with Gasteiger partial charge in [-0.25, -0.2) is 4.98 Å². The molecule has 4 heteroatoms. The van der Waals surface area contributed by atoms with Crippen molar-refractivity contribution in [3.63, 3.8) is 0 Å². The van der Waals surface area contributed by atoms with Gasteiger partial charge in [0.1, 0.15) is 5.15 Å². The highest BCUT2D eigenvalue weighted by atomic mass is 35.5. The minimum Gasteiger partial charge on any atom is -0.391 e. The van der Waals surface area contributed by atoms with Crippen LogP contribution in [0.4, 0.5) is 5.69 Å². The molecule has 0 saturated carbocycles. The summed E-state index contributed by atoms with van der Waals surface area (Å²) in [4.78, 5) is 6.74. The minimum absolute atomic E-state index is 0.0714. The molecule has 2 aromatic rings. The van der Waals surface area contributed by atoms with Crippen molar-refractivity contribution in [2.75, 3.05) is 18.0 Å². The molecule has 0 atom stereocenters. The van der Waals surface area contributed by atoms with E-state index in [-0.39, 0.29) is 6.61 Å². The Morgan fingerprint density at radius 3 is 2.70 bits per heavy atom. The molecule has 20 heavy (non-hydrogen) atoms. The van der Waals surface area contributed by atoms with Crippen LogP contribution in [0.3, 0.4) is 0 Å². The van der Waals surface area contributed by atoms with E-state index in [2.05, 4.69) is 22.9 Å². The zero-order chi connectivity index (χ0) is 14.1. The van der Waals surface area contributed by atoms with E-state index in [9.17, 15) is 5.11 Å². The first kappa shape index (κ1) is 13.7. The van der Waals surface area contributed by atoms with Gasteiger partial charge >= 0.3 is 0 Å². The van der Waals surface area contributed by atoms with Gasteiger partial charge in [-0.05, 0) is 24.8 Å². The lowest BCUT2D eigenvalue weighted by Gasteiger charge is -2.34. The zero-order valence-electron chi connectivity index (χ0n) is 11.6. The Morgan fingerprint density at radius 1 is 1.30 bits per heavy atom. The number of aromatic nitrogens is 1. The summed E-state index contributed by atoms with van der Waals surface area (Å²) in [5.41, 5.74) is 2.71. The number of halogens is 1. The number of para-hydroxylation sites is 1. The standard InChI is InChI=1S/C16H19ClN2O/c1-11-6-8-19(9-7-11)15-12-4-2-3-5-14(12)18-16(17)13(15)10-20/h2-5,11,20H,6-10H2,1H3. The van der Waals surface area contributed by atoms with Crippen molar-refractivity contribution in [3.8, 4) is 0 Å². The number of piperidine rings is 1. The molecular formula is C16H19ClN2O. The lowest BCUT2D eigenvalue weighted by atomic mass is 9.97. The molecule has 106 valence electrons. The van der Waals surface area contributed by atoms with Crippen LogP contribution in [-0.4, -0.2) is 23.2 Å². The molecule has 1 fully saturated rings. The molecule has 0 unspecified atom stereocenters. The molecule has 0 radical (unpaired) electrons. The zero-order valence-corrected chi connectivity index (χ0v) is 12.4. The van der Waals surface area contributed by atoms with E-state index in [1.807, 2.05) is 18.2 Å². The van der Waals surface area contributed by atoms with E-state index in [1.165, 1.54) is 12.8 Å². The fourth-order valence-electron chi connectivity index (χ4n) is 2.94. The molecule has 1 aromatic heterocycles. The summed E-state index contributed by atoms with van der Waals surface area (Å²) in [5, 5.41) is 11.2. The van der Waals surface area contributed by atoms with Gasteiger partial charge in [0, 0.05) is 24.0 Å². The Hall–Kier alpha value is -1.32. The quantitative estimate of drug-likeness (QED) is 0.858. The fraction of sp³-hybridized carbons (Fsp3) is 0.438. The SMILES string of the molecule is CC1CCN(c2c(CO)c(Cl)nc3ccccc23)CC1. The largest absolute Gasteiger partial charge is 0.391 e. The van der Waals surface area contributed by atoms with Gasteiger partial charge in [0.05, 0.1) is 17.8 Å². The van der Waals surface area contributed by atoms with Crippen LogP contribution in [0.5, 0.6) is 0 Å². The van der Waals surface area contributed by atoms with Gasteiger partial charge in [-0.2, -0.15) is 0 Å². The average molecular weight is 291 g/mol. The summed E-state index contributed by atoms with van der Waals surface area (Å²) >= 11 is 6.26. The number of aliphatic hydroxyl groups excluding tert-OH is 1. The van der Waals surface area contributed by atoms with Crippen LogP contribution in [0.15, 0.2) is 24.3 Å². The van der Waals surface area contributed by atoms with E-state index < -0.39 is 0 Å². The first-order chi connectivity index (χ1) is 9.70. The molecule has 1 aliphatic rings. The summed E-state index contributed by atoms with van der Waals surface area (Å²) in [6.45, 7) is 4.25. The van der Waals surface area contributed by atoms with Crippen molar-refractivity contribution >= 4 is 28.2 Å². The molecule has 0 bridgehead atoms. The van der Waals surface area contributed by atoms with Gasteiger partial charge in [-0.1, -0.05) is 36.7 Å². The smallest absolute Gasteiger partial charge is 0.137 e. The average Bonchev–Trinajstić information content (AvgIpc) is 2.47. The summed E-state index contributed by atoms with van der Waals surface area (Å²) in [6.07, 6.45) is 2.36. The summed E-state index contributed by atoms with van der Waals surface area (Å²) in [5.74, 6) is 0.771. The molecule has 0 aliphatic carbocycles. The normalized spacial score (nSPS) is 16.9. The van der Waals surface area contributed by atoms with Crippen LogP contribution >= 0.6 is 11.6 Å². The molecular weight excluding hydrogens is 272 g/mol. The van der Waals surface area contributed by atoms with Crippen molar-refractivity contribution in [1.82, 2.24) is 4.98 Å². The predicted octanol–water partition coefficient (Wildman–Crippen LogP) is 3.62. The topological polar surface area (TPSA) is 36.4 Å². The highest BCUT2D eigenvalue weighted by Gasteiger charge is 2.22. The number of nitrogens with zero attached hydrogens (tertiary/aromatic N) is 2. The molecule has 3 rings (SSSR count). The van der Waals surface area contributed by atoms with Crippen LogP contribution in [0.1, 0.15) is 25.3 Å². The Morgan fingerprint density at radius 2 is 2.00 bits per heavy atom. The van der Waals surface area contributed by atoms with Crippen LogP contribution in [0, 0.1) is 5.92 Å². The third-order valence-electron chi connectivity index (χ3n) is 4.17. The van der Waals surface area contributed by atoms with E-state index >= 15 is 0 Å². The second kappa shape index (κ2) is 5.58. The van der Waals surface area contributed by atoms with Crippen molar-refractivity contribution in [3.05, 3.63) is 35.0 Å². The van der Waals surface area contributed by atoms with Gasteiger partial charge in [-0.15, -0.1) is 0 Å². The highest BCUT2D eigenvalue weighted by molar-refractivity contribution is 6.31. The highest BCUT2D eigenvalue weighted by Crippen LogP contribution is 2.36. The predicted molar refractivity (Wildman–Crippen MR) is 83.3 cm³/mol. The van der Waals surface area contributed by atoms with Gasteiger partial charge in [0.15, 0.2) is 0 Å². The van der Waals surface area contributed by atoms with Crippen LogP contribution in [-0.2, 0) is 6.61 Å². The Kier molecular flexibility index (Phi) is 3.81. The fourth-order valence-corrected chi connectivity index (χ4v) is 3.18. The lowest BCUT2D eigenvalue weighted by Crippen LogP contribution is -2.33. The molecule has 1 N–H and O–H groups in total. The summed E-state index contributed by atoms with van der Waals surface area (Å²) in [6, 6.07) is 8.01. The second-order valence-corrected chi connectivity index (χ2v) is 5.93. The number of aliphatic hydroxyl groups is 1. The van der Waals surface area contributed by atoms with Crippen molar-refractivity contribution in [2.45, 2.75) is 26.4 Å². The lowest BCUT2D eigenvalue weighted by molar-refractivity contribution is 0.281. The molecule has 2 heterocycles. The third-order valence-corrected chi connectivity index (χ3v) is 4.48. The van der Waals surface area contributed by atoms with Crippen LogP contribution < -0.4 is 4.90 Å². The number of hydrogen-bond donors (Lipinski definition) is 1. The number of anilines is 1. The number of benzene rings is 1. The van der Waals surface area contributed by atoms with E-state index in [0.29, 0.717) is 5.15 Å². The number of fused-ring (bicyclic) bond motifs is 1. The minimum atomic E-state index is -0.0714. The third kappa shape index (κ3) is 2.36. The Balaban J connectivity index is 2.15. The first-order valence-corrected chi connectivity index (χ1v) is 7.51. The van der Waals surface area contributed by atoms with Gasteiger partial charge in [-0.3, -0.25) is 0 Å². The van der Waals surface area contributed by atoms with Gasteiger partial charge in [0.25, 0.3) is 0 Å². The summed E-state index contributed by atoms with van der Waals surface area (Å²) < 4.78 is 0.